The number of aliphatic hydroxyl groups is 1. The molecule has 17 heavy (non-hydrogen) atoms. The number of alkyl halides is 4. The first kappa shape index (κ1) is 14.2. The topological polar surface area (TPSA) is 49.3 Å². The molecule has 1 amide bonds. The summed E-state index contributed by atoms with van der Waals surface area (Å²) in [5, 5.41) is 11.6. The summed E-state index contributed by atoms with van der Waals surface area (Å²) in [6, 6.07) is 0. The van der Waals surface area contributed by atoms with Crippen molar-refractivity contribution in [1.82, 2.24) is 5.32 Å². The number of carbonyl (C=O) groups is 1. The number of nitrogens with one attached hydrogen (secondary N) is 1. The minimum absolute atomic E-state index is 0.382. The monoisotopic (exact) mass is 257 g/mol. The molecule has 7 heteroatoms. The van der Waals surface area contributed by atoms with Gasteiger partial charge in [-0.05, 0) is 12.8 Å². The zero-order valence-corrected chi connectivity index (χ0v) is 9.19. The maximum absolute atomic E-state index is 12.6. The van der Waals surface area contributed by atoms with Crippen LogP contribution in [0.1, 0.15) is 32.1 Å². The van der Waals surface area contributed by atoms with Gasteiger partial charge in [0.15, 0.2) is 0 Å². The second-order valence-electron chi connectivity index (χ2n) is 4.39. The molecule has 1 rings (SSSR count). The molecule has 1 aliphatic carbocycles. The molecule has 0 radical (unpaired) electrons. The van der Waals surface area contributed by atoms with Crippen LogP contribution in [0.3, 0.4) is 0 Å². The molecule has 0 atom stereocenters. The fraction of sp³-hybridized carbons (Fsp3) is 0.900. The van der Waals surface area contributed by atoms with Crippen molar-refractivity contribution < 1.29 is 27.5 Å². The molecule has 2 N–H and O–H groups in total. The Balaban J connectivity index is 2.47. The maximum atomic E-state index is 12.6. The lowest BCUT2D eigenvalue weighted by Crippen LogP contribution is -2.51. The molecule has 1 fully saturated rings. The Morgan fingerprint density at radius 1 is 1.29 bits per heavy atom. The van der Waals surface area contributed by atoms with Crippen molar-refractivity contribution in [1.29, 1.82) is 0 Å². The van der Waals surface area contributed by atoms with E-state index < -0.39 is 30.4 Å². The Kier molecular flexibility index (Phi) is 4.35. The van der Waals surface area contributed by atoms with Crippen molar-refractivity contribution in [2.24, 2.45) is 0 Å². The highest BCUT2D eigenvalue weighted by Gasteiger charge is 2.49. The van der Waals surface area contributed by atoms with E-state index in [9.17, 15) is 27.5 Å². The van der Waals surface area contributed by atoms with Crippen molar-refractivity contribution in [2.45, 2.75) is 50.1 Å². The van der Waals surface area contributed by atoms with Crippen molar-refractivity contribution in [3.63, 3.8) is 0 Å². The van der Waals surface area contributed by atoms with Gasteiger partial charge >= 0.3 is 12.3 Å². The van der Waals surface area contributed by atoms with Gasteiger partial charge in [0.25, 0.3) is 5.91 Å². The minimum Gasteiger partial charge on any atom is -0.388 e. The summed E-state index contributed by atoms with van der Waals surface area (Å²) in [6.45, 7) is -0.409. The van der Waals surface area contributed by atoms with Gasteiger partial charge in [0, 0.05) is 6.54 Å². The van der Waals surface area contributed by atoms with E-state index >= 15 is 0 Å². The summed E-state index contributed by atoms with van der Waals surface area (Å²) in [4.78, 5) is 10.8. The first-order valence-corrected chi connectivity index (χ1v) is 5.45. The Morgan fingerprint density at radius 2 is 1.82 bits per heavy atom. The number of rotatable bonds is 4. The van der Waals surface area contributed by atoms with Crippen LogP contribution in [0.5, 0.6) is 0 Å². The predicted octanol–water partition coefficient (Wildman–Crippen LogP) is 1.70. The summed E-state index contributed by atoms with van der Waals surface area (Å²) in [5.74, 6) is -6.74. The van der Waals surface area contributed by atoms with E-state index in [1.54, 1.807) is 5.32 Å². The van der Waals surface area contributed by atoms with E-state index in [-0.39, 0.29) is 0 Å². The number of carbonyl (C=O) groups excluding carboxylic acids is 1. The third-order valence-electron chi connectivity index (χ3n) is 2.94. The summed E-state index contributed by atoms with van der Waals surface area (Å²) >= 11 is 0. The van der Waals surface area contributed by atoms with Gasteiger partial charge in [-0.2, -0.15) is 8.78 Å². The first-order chi connectivity index (χ1) is 7.78. The Labute approximate surface area is 96.2 Å². The summed E-state index contributed by atoms with van der Waals surface area (Å²) in [5.41, 5.74) is -1.24. The van der Waals surface area contributed by atoms with E-state index in [4.69, 9.17) is 0 Å². The molecule has 1 aliphatic rings. The number of amides is 1. The number of halogens is 4. The second-order valence-corrected chi connectivity index (χ2v) is 4.39. The third-order valence-corrected chi connectivity index (χ3v) is 2.94. The van der Waals surface area contributed by atoms with Gasteiger partial charge in [-0.1, -0.05) is 19.3 Å². The minimum atomic E-state index is -4.70. The zero-order valence-electron chi connectivity index (χ0n) is 9.19. The quantitative estimate of drug-likeness (QED) is 0.753. The highest BCUT2D eigenvalue weighted by atomic mass is 19.3. The van der Waals surface area contributed by atoms with Crippen molar-refractivity contribution in [3.05, 3.63) is 0 Å². The van der Waals surface area contributed by atoms with Crippen LogP contribution in [0.4, 0.5) is 17.6 Å². The first-order valence-electron chi connectivity index (χ1n) is 5.45. The molecule has 100 valence electrons. The molecule has 0 spiro atoms. The molecule has 0 heterocycles. The van der Waals surface area contributed by atoms with Crippen LogP contribution >= 0.6 is 0 Å². The van der Waals surface area contributed by atoms with E-state index in [1.807, 2.05) is 0 Å². The van der Waals surface area contributed by atoms with E-state index in [0.29, 0.717) is 12.8 Å². The number of hydrogen-bond donors (Lipinski definition) is 2. The highest BCUT2D eigenvalue weighted by molar-refractivity contribution is 5.83. The summed E-state index contributed by atoms with van der Waals surface area (Å²) in [7, 11) is 0. The SMILES string of the molecule is O=C(NCC1(O)CCCCC1)C(F)(F)C(F)F. The van der Waals surface area contributed by atoms with Gasteiger partial charge in [-0.3, -0.25) is 4.79 Å². The average molecular weight is 257 g/mol. The predicted molar refractivity (Wildman–Crippen MR) is 52.0 cm³/mol. The molecule has 0 aromatic rings. The van der Waals surface area contributed by atoms with Crippen LogP contribution in [0, 0.1) is 0 Å². The van der Waals surface area contributed by atoms with Gasteiger partial charge in [-0.25, -0.2) is 8.78 Å². The molecule has 1 saturated carbocycles. The Hall–Kier alpha value is -0.850. The van der Waals surface area contributed by atoms with Crippen LogP contribution in [0.2, 0.25) is 0 Å². The summed E-state index contributed by atoms with van der Waals surface area (Å²) in [6.07, 6.45) is -0.872. The third kappa shape index (κ3) is 3.55. The normalized spacial score (nSPS) is 20.4. The molecule has 0 unspecified atom stereocenters. The number of hydrogen-bond acceptors (Lipinski definition) is 2. The highest BCUT2D eigenvalue weighted by Crippen LogP contribution is 2.28. The standard InChI is InChI=1S/C10H15F4NO2/c11-7(12)10(13,14)8(16)15-6-9(17)4-2-1-3-5-9/h7,17H,1-6H2,(H,15,16). The van der Waals surface area contributed by atoms with Crippen molar-refractivity contribution in [3.8, 4) is 0 Å². The van der Waals surface area contributed by atoms with Crippen LogP contribution < -0.4 is 5.32 Å². The largest absolute Gasteiger partial charge is 0.388 e. The van der Waals surface area contributed by atoms with Crippen LogP contribution in [-0.4, -0.2) is 35.5 Å². The Morgan fingerprint density at radius 3 is 2.29 bits per heavy atom. The molecular formula is C10H15F4NO2. The van der Waals surface area contributed by atoms with E-state index in [0.717, 1.165) is 19.3 Å². The zero-order chi connectivity index (χ0) is 13.1. The van der Waals surface area contributed by atoms with Gasteiger partial charge in [0.1, 0.15) is 0 Å². The smallest absolute Gasteiger partial charge is 0.383 e. The van der Waals surface area contributed by atoms with Crippen LogP contribution in [0.15, 0.2) is 0 Å². The van der Waals surface area contributed by atoms with Crippen molar-refractivity contribution >= 4 is 5.91 Å². The second kappa shape index (κ2) is 5.20. The lowest BCUT2D eigenvalue weighted by Gasteiger charge is -2.32. The molecule has 3 nitrogen and oxygen atoms in total. The lowest BCUT2D eigenvalue weighted by molar-refractivity contribution is -0.170. The van der Waals surface area contributed by atoms with Crippen LogP contribution in [-0.2, 0) is 4.79 Å². The van der Waals surface area contributed by atoms with Crippen LogP contribution in [0.25, 0.3) is 0 Å². The average Bonchev–Trinajstić information content (AvgIpc) is 2.26. The fourth-order valence-corrected chi connectivity index (χ4v) is 1.85. The summed E-state index contributed by atoms with van der Waals surface area (Å²) < 4.78 is 48.9. The maximum Gasteiger partial charge on any atom is 0.383 e. The van der Waals surface area contributed by atoms with E-state index in [2.05, 4.69) is 0 Å². The van der Waals surface area contributed by atoms with Gasteiger partial charge in [0.05, 0.1) is 5.60 Å². The molecule has 0 aromatic carbocycles. The Bertz CT molecular complexity index is 277. The van der Waals surface area contributed by atoms with Crippen molar-refractivity contribution in [2.75, 3.05) is 6.54 Å². The molecule has 0 saturated heterocycles. The van der Waals surface area contributed by atoms with Gasteiger partial charge < -0.3 is 10.4 Å². The molecular weight excluding hydrogens is 242 g/mol. The van der Waals surface area contributed by atoms with Gasteiger partial charge in [0.2, 0.25) is 0 Å². The van der Waals surface area contributed by atoms with Gasteiger partial charge in [-0.15, -0.1) is 0 Å². The van der Waals surface area contributed by atoms with E-state index in [1.165, 1.54) is 0 Å². The fourth-order valence-electron chi connectivity index (χ4n) is 1.85. The lowest BCUT2D eigenvalue weighted by atomic mass is 9.85. The molecule has 0 bridgehead atoms. The molecule has 0 aliphatic heterocycles. The molecule has 0 aromatic heterocycles.